The molecule has 1 fully saturated rings. The SMILES string of the molecule is Cc1cc(N2CC(C)(C)OC(C)(C)C2)c(Br)cc1N. The molecule has 3 nitrogen and oxygen atoms in total. The summed E-state index contributed by atoms with van der Waals surface area (Å²) in [6.07, 6.45) is 0. The Balaban J connectivity index is 2.39. The maximum absolute atomic E-state index is 6.13. The van der Waals surface area contributed by atoms with Crippen LogP contribution in [0.2, 0.25) is 0 Å². The van der Waals surface area contributed by atoms with E-state index < -0.39 is 0 Å². The predicted octanol–water partition coefficient (Wildman–Crippen LogP) is 3.73. The summed E-state index contributed by atoms with van der Waals surface area (Å²) in [5.41, 5.74) is 8.76. The van der Waals surface area contributed by atoms with E-state index in [1.807, 2.05) is 13.0 Å². The molecule has 1 aromatic carbocycles. The van der Waals surface area contributed by atoms with E-state index in [0.717, 1.165) is 28.8 Å². The Morgan fingerprint density at radius 2 is 1.68 bits per heavy atom. The first kappa shape index (κ1) is 14.7. The third kappa shape index (κ3) is 3.23. The fourth-order valence-electron chi connectivity index (χ4n) is 2.88. The number of nitrogens with zero attached hydrogens (tertiary/aromatic N) is 1. The quantitative estimate of drug-likeness (QED) is 0.799. The van der Waals surface area contributed by atoms with Crippen LogP contribution in [-0.4, -0.2) is 24.3 Å². The molecule has 106 valence electrons. The lowest BCUT2D eigenvalue weighted by Gasteiger charge is -2.48. The highest BCUT2D eigenvalue weighted by Crippen LogP contribution is 2.36. The van der Waals surface area contributed by atoms with E-state index in [1.165, 1.54) is 5.69 Å². The number of hydrogen-bond donors (Lipinski definition) is 1. The number of nitrogens with two attached hydrogens (primary N) is 1. The van der Waals surface area contributed by atoms with Crippen LogP contribution in [0.15, 0.2) is 16.6 Å². The van der Waals surface area contributed by atoms with Crippen LogP contribution in [0.4, 0.5) is 11.4 Å². The van der Waals surface area contributed by atoms with Crippen LogP contribution in [0.25, 0.3) is 0 Å². The van der Waals surface area contributed by atoms with Gasteiger partial charge in [-0.25, -0.2) is 0 Å². The normalized spacial score (nSPS) is 21.5. The van der Waals surface area contributed by atoms with Crippen molar-refractivity contribution in [1.82, 2.24) is 0 Å². The van der Waals surface area contributed by atoms with Crippen molar-refractivity contribution >= 4 is 27.3 Å². The van der Waals surface area contributed by atoms with Gasteiger partial charge in [-0.1, -0.05) is 0 Å². The van der Waals surface area contributed by atoms with Gasteiger partial charge in [0, 0.05) is 23.2 Å². The van der Waals surface area contributed by atoms with Crippen molar-refractivity contribution < 1.29 is 4.74 Å². The van der Waals surface area contributed by atoms with Gasteiger partial charge in [0.05, 0.1) is 16.9 Å². The lowest BCUT2D eigenvalue weighted by Crippen LogP contribution is -2.57. The van der Waals surface area contributed by atoms with Crippen molar-refractivity contribution in [2.24, 2.45) is 0 Å². The first-order valence-electron chi connectivity index (χ1n) is 6.60. The molecule has 19 heavy (non-hydrogen) atoms. The number of rotatable bonds is 1. The maximum Gasteiger partial charge on any atom is 0.0808 e. The van der Waals surface area contributed by atoms with Crippen LogP contribution in [0.5, 0.6) is 0 Å². The van der Waals surface area contributed by atoms with Crippen LogP contribution in [0.1, 0.15) is 33.3 Å². The zero-order valence-corrected chi connectivity index (χ0v) is 14.0. The minimum Gasteiger partial charge on any atom is -0.398 e. The summed E-state index contributed by atoms with van der Waals surface area (Å²) in [5.74, 6) is 0. The molecule has 2 rings (SSSR count). The van der Waals surface area contributed by atoms with Gasteiger partial charge in [-0.3, -0.25) is 0 Å². The zero-order valence-electron chi connectivity index (χ0n) is 12.4. The summed E-state index contributed by atoms with van der Waals surface area (Å²) < 4.78 is 7.17. The number of hydrogen-bond acceptors (Lipinski definition) is 3. The molecular formula is C15H23BrN2O. The molecule has 0 amide bonds. The lowest BCUT2D eigenvalue weighted by molar-refractivity contribution is -0.133. The number of ether oxygens (including phenoxy) is 1. The average molecular weight is 327 g/mol. The molecule has 2 N–H and O–H groups in total. The Hall–Kier alpha value is -0.740. The summed E-state index contributed by atoms with van der Waals surface area (Å²) in [6, 6.07) is 4.14. The van der Waals surface area contributed by atoms with Crippen molar-refractivity contribution in [1.29, 1.82) is 0 Å². The van der Waals surface area contributed by atoms with E-state index in [-0.39, 0.29) is 11.2 Å². The monoisotopic (exact) mass is 326 g/mol. The number of benzene rings is 1. The third-order valence-corrected chi connectivity index (χ3v) is 4.01. The van der Waals surface area contributed by atoms with E-state index in [4.69, 9.17) is 10.5 Å². The highest BCUT2D eigenvalue weighted by Gasteiger charge is 2.38. The second kappa shape index (κ2) is 4.67. The molecule has 0 aromatic heterocycles. The molecule has 0 radical (unpaired) electrons. The van der Waals surface area contributed by atoms with E-state index in [0.29, 0.717) is 0 Å². The van der Waals surface area contributed by atoms with Crippen LogP contribution in [-0.2, 0) is 4.74 Å². The van der Waals surface area contributed by atoms with Crippen molar-refractivity contribution in [3.05, 3.63) is 22.2 Å². The molecule has 1 saturated heterocycles. The highest BCUT2D eigenvalue weighted by atomic mass is 79.9. The molecule has 0 saturated carbocycles. The minimum absolute atomic E-state index is 0.156. The number of anilines is 2. The summed E-state index contributed by atoms with van der Waals surface area (Å²) in [7, 11) is 0. The minimum atomic E-state index is -0.156. The van der Waals surface area contributed by atoms with Crippen molar-refractivity contribution in [2.75, 3.05) is 23.7 Å². The van der Waals surface area contributed by atoms with E-state index in [2.05, 4.69) is 54.6 Å². The largest absolute Gasteiger partial charge is 0.398 e. The third-order valence-electron chi connectivity index (χ3n) is 3.37. The Bertz CT molecular complexity index is 481. The number of morpholine rings is 1. The Morgan fingerprint density at radius 3 is 2.21 bits per heavy atom. The summed E-state index contributed by atoms with van der Waals surface area (Å²) in [6.45, 7) is 12.3. The second-order valence-corrected chi connectivity index (χ2v) is 7.49. The van der Waals surface area contributed by atoms with Gasteiger partial charge in [-0.2, -0.15) is 0 Å². The van der Waals surface area contributed by atoms with Crippen molar-refractivity contribution in [3.63, 3.8) is 0 Å². The Kier molecular flexibility index (Phi) is 3.60. The zero-order chi connectivity index (χ0) is 14.4. The summed E-state index contributed by atoms with van der Waals surface area (Å²) in [4.78, 5) is 2.38. The lowest BCUT2D eigenvalue weighted by atomic mass is 9.98. The smallest absolute Gasteiger partial charge is 0.0808 e. The molecule has 1 aromatic rings. The molecule has 0 aliphatic carbocycles. The molecule has 0 atom stereocenters. The van der Waals surface area contributed by atoms with Crippen molar-refractivity contribution in [3.8, 4) is 0 Å². The van der Waals surface area contributed by atoms with Gasteiger partial charge in [-0.15, -0.1) is 0 Å². The van der Waals surface area contributed by atoms with Crippen LogP contribution < -0.4 is 10.6 Å². The van der Waals surface area contributed by atoms with Gasteiger partial charge in [0.25, 0.3) is 0 Å². The molecule has 1 aliphatic heterocycles. The van der Waals surface area contributed by atoms with Gasteiger partial charge in [0.1, 0.15) is 0 Å². The van der Waals surface area contributed by atoms with E-state index in [1.54, 1.807) is 0 Å². The van der Waals surface area contributed by atoms with Gasteiger partial charge in [0.15, 0.2) is 0 Å². The number of halogens is 1. The molecule has 4 heteroatoms. The molecule has 0 bridgehead atoms. The van der Waals surface area contributed by atoms with Gasteiger partial charge >= 0.3 is 0 Å². The fourth-order valence-corrected chi connectivity index (χ4v) is 3.49. The van der Waals surface area contributed by atoms with Gasteiger partial charge in [-0.05, 0) is 68.2 Å². The first-order chi connectivity index (χ1) is 8.60. The van der Waals surface area contributed by atoms with Crippen molar-refractivity contribution in [2.45, 2.75) is 45.8 Å². The maximum atomic E-state index is 6.13. The van der Waals surface area contributed by atoms with Crippen LogP contribution >= 0.6 is 15.9 Å². The molecule has 1 aliphatic rings. The summed E-state index contributed by atoms with van der Waals surface area (Å²) in [5, 5.41) is 0. The van der Waals surface area contributed by atoms with E-state index in [9.17, 15) is 0 Å². The molecule has 0 unspecified atom stereocenters. The van der Waals surface area contributed by atoms with E-state index >= 15 is 0 Å². The highest BCUT2D eigenvalue weighted by molar-refractivity contribution is 9.10. The standard InChI is InChI=1S/C15H23BrN2O/c1-10-6-13(11(16)7-12(10)17)18-8-14(2,3)19-15(4,5)9-18/h6-7H,8-9,17H2,1-5H3. The molecular weight excluding hydrogens is 304 g/mol. The molecule has 1 heterocycles. The topological polar surface area (TPSA) is 38.5 Å². The predicted molar refractivity (Wildman–Crippen MR) is 84.7 cm³/mol. The van der Waals surface area contributed by atoms with Crippen LogP contribution in [0, 0.1) is 6.92 Å². The summed E-state index contributed by atoms with van der Waals surface area (Å²) >= 11 is 3.63. The average Bonchev–Trinajstić information content (AvgIpc) is 2.18. The molecule has 0 spiro atoms. The van der Waals surface area contributed by atoms with Gasteiger partial charge < -0.3 is 15.4 Å². The van der Waals surface area contributed by atoms with Gasteiger partial charge in [0.2, 0.25) is 0 Å². The Labute approximate surface area is 124 Å². The second-order valence-electron chi connectivity index (χ2n) is 6.64. The fraction of sp³-hybridized carbons (Fsp3) is 0.600. The number of aryl methyl sites for hydroxylation is 1. The number of nitrogen functional groups attached to an aromatic ring is 1. The van der Waals surface area contributed by atoms with Crippen LogP contribution in [0.3, 0.4) is 0 Å². The first-order valence-corrected chi connectivity index (χ1v) is 7.40. The Morgan fingerprint density at radius 1 is 1.16 bits per heavy atom.